The fraction of sp³-hybridized carbons (Fsp3) is 0.444. The first-order valence-corrected chi connectivity index (χ1v) is 4.11. The summed E-state index contributed by atoms with van der Waals surface area (Å²) in [7, 11) is 0. The number of rotatable bonds is 3. The van der Waals surface area contributed by atoms with Gasteiger partial charge in [0.15, 0.2) is 0 Å². The van der Waals surface area contributed by atoms with Crippen LogP contribution in [0.5, 0.6) is 0 Å². The molecule has 0 saturated heterocycles. The molecular weight excluding hydrogens is 150 g/mol. The van der Waals surface area contributed by atoms with Gasteiger partial charge in [-0.1, -0.05) is 0 Å². The third kappa shape index (κ3) is 2.51. The average molecular weight is 165 g/mol. The van der Waals surface area contributed by atoms with Gasteiger partial charge in [0.05, 0.1) is 0 Å². The van der Waals surface area contributed by atoms with Crippen molar-refractivity contribution < 1.29 is 0 Å². The van der Waals surface area contributed by atoms with E-state index in [0.29, 0.717) is 6.54 Å². The molecule has 0 aliphatic rings. The summed E-state index contributed by atoms with van der Waals surface area (Å²) in [6.45, 7) is 5.44. The molecule has 0 aromatic carbocycles. The number of anilines is 1. The number of nitrogens with one attached hydrogen (secondary N) is 1. The highest BCUT2D eigenvalue weighted by Crippen LogP contribution is 2.09. The van der Waals surface area contributed by atoms with Crippen molar-refractivity contribution in [3.63, 3.8) is 0 Å². The molecule has 0 saturated carbocycles. The molecule has 0 spiro atoms. The van der Waals surface area contributed by atoms with Crippen LogP contribution in [0.25, 0.3) is 0 Å². The zero-order valence-corrected chi connectivity index (χ0v) is 7.59. The molecule has 66 valence electrons. The van der Waals surface area contributed by atoms with Gasteiger partial charge in [-0.2, -0.15) is 0 Å². The summed E-state index contributed by atoms with van der Waals surface area (Å²) in [4.78, 5) is 4.27. The number of hydrogen-bond donors (Lipinski definition) is 2. The topological polar surface area (TPSA) is 50.9 Å². The van der Waals surface area contributed by atoms with Crippen LogP contribution in [0.4, 0.5) is 5.69 Å². The minimum absolute atomic E-state index is 0.653. The quantitative estimate of drug-likeness (QED) is 0.704. The number of aryl methyl sites for hydroxylation is 2. The normalized spacial score (nSPS) is 9.92. The number of aromatic nitrogens is 1. The van der Waals surface area contributed by atoms with Crippen molar-refractivity contribution in [1.82, 2.24) is 4.98 Å². The molecule has 0 bridgehead atoms. The third-order valence-electron chi connectivity index (χ3n) is 1.55. The van der Waals surface area contributed by atoms with Crippen LogP contribution in [-0.4, -0.2) is 18.1 Å². The van der Waals surface area contributed by atoms with Crippen molar-refractivity contribution in [1.29, 1.82) is 0 Å². The Morgan fingerprint density at radius 3 is 2.42 bits per heavy atom. The highest BCUT2D eigenvalue weighted by atomic mass is 14.9. The Kier molecular flexibility index (Phi) is 3.05. The van der Waals surface area contributed by atoms with E-state index in [9.17, 15) is 0 Å². The second-order valence-electron chi connectivity index (χ2n) is 2.85. The number of pyridine rings is 1. The van der Waals surface area contributed by atoms with E-state index in [4.69, 9.17) is 5.73 Å². The molecule has 0 radical (unpaired) electrons. The van der Waals surface area contributed by atoms with Gasteiger partial charge in [0.1, 0.15) is 0 Å². The van der Waals surface area contributed by atoms with Gasteiger partial charge in [-0.05, 0) is 26.0 Å². The Morgan fingerprint density at radius 2 is 1.92 bits per heavy atom. The molecular formula is C9H15N3. The van der Waals surface area contributed by atoms with Crippen molar-refractivity contribution in [3.8, 4) is 0 Å². The highest BCUT2D eigenvalue weighted by molar-refractivity contribution is 5.44. The predicted octanol–water partition coefficient (Wildman–Crippen LogP) is 1.07. The summed E-state index contributed by atoms with van der Waals surface area (Å²) in [6, 6.07) is 4.03. The molecule has 3 heteroatoms. The minimum Gasteiger partial charge on any atom is -0.384 e. The molecule has 12 heavy (non-hydrogen) atoms. The van der Waals surface area contributed by atoms with Crippen LogP contribution in [0, 0.1) is 13.8 Å². The fourth-order valence-corrected chi connectivity index (χ4v) is 1.15. The molecule has 0 aliphatic heterocycles. The predicted molar refractivity (Wildman–Crippen MR) is 51.3 cm³/mol. The van der Waals surface area contributed by atoms with Gasteiger partial charge in [-0.3, -0.25) is 4.98 Å². The summed E-state index contributed by atoms with van der Waals surface area (Å²) in [5, 5.41) is 3.21. The molecule has 0 atom stereocenters. The van der Waals surface area contributed by atoms with Gasteiger partial charge in [-0.15, -0.1) is 0 Å². The zero-order valence-electron chi connectivity index (χ0n) is 7.59. The van der Waals surface area contributed by atoms with E-state index in [2.05, 4.69) is 10.3 Å². The second kappa shape index (κ2) is 4.07. The van der Waals surface area contributed by atoms with Crippen LogP contribution in [0.2, 0.25) is 0 Å². The first-order chi connectivity index (χ1) is 5.72. The molecule has 1 rings (SSSR count). The lowest BCUT2D eigenvalue weighted by molar-refractivity contribution is 1.02. The summed E-state index contributed by atoms with van der Waals surface area (Å²) in [5.74, 6) is 0. The Morgan fingerprint density at radius 1 is 1.33 bits per heavy atom. The molecule has 1 heterocycles. The number of hydrogen-bond acceptors (Lipinski definition) is 3. The zero-order chi connectivity index (χ0) is 8.97. The van der Waals surface area contributed by atoms with Crippen LogP contribution < -0.4 is 11.1 Å². The molecule has 1 aromatic rings. The molecule has 3 N–H and O–H groups in total. The van der Waals surface area contributed by atoms with Crippen LogP contribution in [0.1, 0.15) is 11.4 Å². The SMILES string of the molecule is Cc1cc(NCCN)cc(C)n1. The summed E-state index contributed by atoms with van der Waals surface area (Å²) >= 11 is 0. The highest BCUT2D eigenvalue weighted by Gasteiger charge is 1.94. The number of nitrogens with two attached hydrogens (primary N) is 1. The molecule has 3 nitrogen and oxygen atoms in total. The monoisotopic (exact) mass is 165 g/mol. The summed E-state index contributed by atoms with van der Waals surface area (Å²) < 4.78 is 0. The third-order valence-corrected chi connectivity index (χ3v) is 1.55. The Hall–Kier alpha value is -1.09. The van der Waals surface area contributed by atoms with Gasteiger partial charge in [0, 0.05) is 30.2 Å². The van der Waals surface area contributed by atoms with Gasteiger partial charge in [-0.25, -0.2) is 0 Å². The molecule has 0 unspecified atom stereocenters. The van der Waals surface area contributed by atoms with Crippen LogP contribution >= 0.6 is 0 Å². The van der Waals surface area contributed by atoms with E-state index < -0.39 is 0 Å². The smallest absolute Gasteiger partial charge is 0.0396 e. The maximum Gasteiger partial charge on any atom is 0.0396 e. The van der Waals surface area contributed by atoms with E-state index in [-0.39, 0.29) is 0 Å². The fourth-order valence-electron chi connectivity index (χ4n) is 1.15. The van der Waals surface area contributed by atoms with Gasteiger partial charge >= 0.3 is 0 Å². The van der Waals surface area contributed by atoms with Gasteiger partial charge in [0.25, 0.3) is 0 Å². The van der Waals surface area contributed by atoms with Crippen molar-refractivity contribution in [2.45, 2.75) is 13.8 Å². The van der Waals surface area contributed by atoms with E-state index in [1.165, 1.54) is 0 Å². The molecule has 0 amide bonds. The van der Waals surface area contributed by atoms with Crippen LogP contribution in [0.3, 0.4) is 0 Å². The maximum atomic E-state index is 5.37. The lowest BCUT2D eigenvalue weighted by Crippen LogP contribution is -2.13. The van der Waals surface area contributed by atoms with Gasteiger partial charge < -0.3 is 11.1 Å². The lowest BCUT2D eigenvalue weighted by atomic mass is 10.3. The summed E-state index contributed by atoms with van der Waals surface area (Å²) in [5.41, 5.74) is 8.55. The average Bonchev–Trinajstić information content (AvgIpc) is 1.99. The van der Waals surface area contributed by atoms with Crippen molar-refractivity contribution in [3.05, 3.63) is 23.5 Å². The van der Waals surface area contributed by atoms with E-state index >= 15 is 0 Å². The Balaban J connectivity index is 2.72. The van der Waals surface area contributed by atoms with Gasteiger partial charge in [0.2, 0.25) is 0 Å². The van der Waals surface area contributed by atoms with Crippen LogP contribution in [-0.2, 0) is 0 Å². The lowest BCUT2D eigenvalue weighted by Gasteiger charge is -2.05. The van der Waals surface area contributed by atoms with E-state index in [1.807, 2.05) is 26.0 Å². The molecule has 0 aliphatic carbocycles. The van der Waals surface area contributed by atoms with Crippen molar-refractivity contribution in [2.75, 3.05) is 18.4 Å². The van der Waals surface area contributed by atoms with Crippen molar-refractivity contribution >= 4 is 5.69 Å². The minimum atomic E-state index is 0.653. The molecule has 0 fully saturated rings. The maximum absolute atomic E-state index is 5.37. The first kappa shape index (κ1) is 9.00. The molecule has 1 aromatic heterocycles. The van der Waals surface area contributed by atoms with E-state index in [1.54, 1.807) is 0 Å². The largest absolute Gasteiger partial charge is 0.384 e. The second-order valence-corrected chi connectivity index (χ2v) is 2.85. The number of nitrogens with zero attached hydrogens (tertiary/aromatic N) is 1. The Bertz CT molecular complexity index is 238. The summed E-state index contributed by atoms with van der Waals surface area (Å²) in [6.07, 6.45) is 0. The first-order valence-electron chi connectivity index (χ1n) is 4.11. The van der Waals surface area contributed by atoms with Crippen LogP contribution in [0.15, 0.2) is 12.1 Å². The Labute approximate surface area is 73.0 Å². The standard InChI is InChI=1S/C9H15N3/c1-7-5-9(11-4-3-10)6-8(2)12-7/h5-6H,3-4,10H2,1-2H3,(H,11,12). The van der Waals surface area contributed by atoms with E-state index in [0.717, 1.165) is 23.6 Å². The van der Waals surface area contributed by atoms with Crippen molar-refractivity contribution in [2.24, 2.45) is 5.73 Å².